The van der Waals surface area contributed by atoms with Crippen molar-refractivity contribution in [1.82, 2.24) is 10.2 Å². The van der Waals surface area contributed by atoms with E-state index in [4.69, 9.17) is 0 Å². The number of likely N-dealkylation sites (tertiary alicyclic amines) is 1. The Labute approximate surface area is 98.6 Å². The lowest BCUT2D eigenvalue weighted by atomic mass is 10.1. The zero-order valence-electron chi connectivity index (χ0n) is 10.4. The van der Waals surface area contributed by atoms with E-state index in [1.807, 2.05) is 0 Å². The largest absolute Gasteiger partial charge is 0.356 e. The molecule has 0 radical (unpaired) electrons. The molecule has 1 aliphatic carbocycles. The maximum Gasteiger partial charge on any atom is 0.223 e. The van der Waals surface area contributed by atoms with E-state index in [9.17, 15) is 4.79 Å². The van der Waals surface area contributed by atoms with Crippen molar-refractivity contribution in [2.75, 3.05) is 26.2 Å². The number of rotatable bonds is 5. The van der Waals surface area contributed by atoms with Gasteiger partial charge in [0.2, 0.25) is 5.91 Å². The number of hydrogen-bond acceptors (Lipinski definition) is 2. The molecule has 0 spiro atoms. The van der Waals surface area contributed by atoms with Gasteiger partial charge in [-0.1, -0.05) is 13.3 Å². The number of carbonyl (C=O) groups is 1. The molecule has 16 heavy (non-hydrogen) atoms. The predicted molar refractivity (Wildman–Crippen MR) is 65.2 cm³/mol. The third-order valence-electron chi connectivity index (χ3n) is 3.85. The fourth-order valence-electron chi connectivity index (χ4n) is 2.52. The second-order valence-corrected chi connectivity index (χ2v) is 5.37. The standard InChI is InChI=1S/C13H24N2O/c1-11-10-12(11)13(16)14-6-5-9-15-7-3-2-4-8-15/h11-12H,2-10H2,1H3,(H,14,16). The van der Waals surface area contributed by atoms with Gasteiger partial charge in [-0.25, -0.2) is 0 Å². The van der Waals surface area contributed by atoms with Gasteiger partial charge in [-0.3, -0.25) is 4.79 Å². The average molecular weight is 224 g/mol. The molecule has 0 aromatic heterocycles. The van der Waals surface area contributed by atoms with Gasteiger partial charge in [0.25, 0.3) is 0 Å². The van der Waals surface area contributed by atoms with Crippen LogP contribution in [-0.2, 0) is 4.79 Å². The Hall–Kier alpha value is -0.570. The number of hydrogen-bond donors (Lipinski definition) is 1. The molecule has 0 aromatic carbocycles. The molecular weight excluding hydrogens is 200 g/mol. The Kier molecular flexibility index (Phi) is 4.22. The molecule has 3 heteroatoms. The van der Waals surface area contributed by atoms with Crippen molar-refractivity contribution in [3.63, 3.8) is 0 Å². The first-order valence-corrected chi connectivity index (χ1v) is 6.77. The fraction of sp³-hybridized carbons (Fsp3) is 0.923. The van der Waals surface area contributed by atoms with Crippen molar-refractivity contribution >= 4 is 5.91 Å². The van der Waals surface area contributed by atoms with E-state index in [0.717, 1.165) is 25.9 Å². The molecule has 0 bridgehead atoms. The lowest BCUT2D eigenvalue weighted by molar-refractivity contribution is -0.122. The first-order valence-electron chi connectivity index (χ1n) is 6.77. The zero-order valence-corrected chi connectivity index (χ0v) is 10.4. The van der Waals surface area contributed by atoms with Gasteiger partial charge in [0.05, 0.1) is 0 Å². The lowest BCUT2D eigenvalue weighted by Crippen LogP contribution is -2.33. The van der Waals surface area contributed by atoms with Gasteiger partial charge in [-0.15, -0.1) is 0 Å². The van der Waals surface area contributed by atoms with Crippen LogP contribution in [0.5, 0.6) is 0 Å². The summed E-state index contributed by atoms with van der Waals surface area (Å²) >= 11 is 0. The third kappa shape index (κ3) is 3.48. The van der Waals surface area contributed by atoms with E-state index in [1.165, 1.54) is 32.4 Å². The fourth-order valence-corrected chi connectivity index (χ4v) is 2.52. The molecule has 1 saturated carbocycles. The summed E-state index contributed by atoms with van der Waals surface area (Å²) in [5, 5.41) is 3.05. The van der Waals surface area contributed by atoms with Crippen LogP contribution in [0.1, 0.15) is 39.0 Å². The molecule has 1 amide bonds. The van der Waals surface area contributed by atoms with Gasteiger partial charge >= 0.3 is 0 Å². The van der Waals surface area contributed by atoms with Gasteiger partial charge in [0.1, 0.15) is 0 Å². The Morgan fingerprint density at radius 3 is 2.62 bits per heavy atom. The van der Waals surface area contributed by atoms with Crippen LogP contribution in [0.25, 0.3) is 0 Å². The van der Waals surface area contributed by atoms with E-state index in [2.05, 4.69) is 17.1 Å². The van der Waals surface area contributed by atoms with E-state index in [-0.39, 0.29) is 5.91 Å². The van der Waals surface area contributed by atoms with Crippen LogP contribution in [0.3, 0.4) is 0 Å². The molecule has 2 rings (SSSR count). The molecule has 2 aliphatic rings. The molecule has 2 unspecified atom stereocenters. The molecular formula is C13H24N2O. The second kappa shape index (κ2) is 5.67. The number of carbonyl (C=O) groups excluding carboxylic acids is 1. The highest BCUT2D eigenvalue weighted by Gasteiger charge is 2.38. The molecule has 1 saturated heterocycles. The van der Waals surface area contributed by atoms with Crippen LogP contribution in [-0.4, -0.2) is 37.0 Å². The SMILES string of the molecule is CC1CC1C(=O)NCCCN1CCCCC1. The highest BCUT2D eigenvalue weighted by atomic mass is 16.2. The van der Waals surface area contributed by atoms with Gasteiger partial charge in [-0.05, 0) is 51.2 Å². The van der Waals surface area contributed by atoms with Crippen molar-refractivity contribution in [2.45, 2.75) is 39.0 Å². The number of nitrogens with one attached hydrogen (secondary N) is 1. The summed E-state index contributed by atoms with van der Waals surface area (Å²) in [5.41, 5.74) is 0. The van der Waals surface area contributed by atoms with E-state index in [0.29, 0.717) is 11.8 Å². The van der Waals surface area contributed by atoms with Crippen molar-refractivity contribution in [3.8, 4) is 0 Å². The van der Waals surface area contributed by atoms with Crippen LogP contribution in [0.2, 0.25) is 0 Å². The Bertz CT molecular complexity index is 236. The lowest BCUT2D eigenvalue weighted by Gasteiger charge is -2.26. The first kappa shape index (κ1) is 11.9. The highest BCUT2D eigenvalue weighted by Crippen LogP contribution is 2.37. The van der Waals surface area contributed by atoms with Gasteiger partial charge in [0.15, 0.2) is 0 Å². The van der Waals surface area contributed by atoms with Gasteiger partial charge in [0, 0.05) is 12.5 Å². The number of amides is 1. The summed E-state index contributed by atoms with van der Waals surface area (Å²) in [7, 11) is 0. The number of nitrogens with zero attached hydrogens (tertiary/aromatic N) is 1. The van der Waals surface area contributed by atoms with E-state index in [1.54, 1.807) is 0 Å². The van der Waals surface area contributed by atoms with Crippen molar-refractivity contribution < 1.29 is 4.79 Å². The summed E-state index contributed by atoms with van der Waals surface area (Å²) in [5.74, 6) is 1.24. The van der Waals surface area contributed by atoms with Crippen LogP contribution in [0, 0.1) is 11.8 Å². The van der Waals surface area contributed by atoms with Crippen LogP contribution in [0.4, 0.5) is 0 Å². The highest BCUT2D eigenvalue weighted by molar-refractivity contribution is 5.81. The quantitative estimate of drug-likeness (QED) is 0.720. The predicted octanol–water partition coefficient (Wildman–Crippen LogP) is 1.63. The molecule has 1 heterocycles. The Morgan fingerprint density at radius 2 is 2.00 bits per heavy atom. The molecule has 92 valence electrons. The van der Waals surface area contributed by atoms with Crippen LogP contribution in [0.15, 0.2) is 0 Å². The Balaban J connectivity index is 1.49. The third-order valence-corrected chi connectivity index (χ3v) is 3.85. The van der Waals surface area contributed by atoms with Crippen molar-refractivity contribution in [3.05, 3.63) is 0 Å². The summed E-state index contributed by atoms with van der Waals surface area (Å²) in [6, 6.07) is 0. The monoisotopic (exact) mass is 224 g/mol. The summed E-state index contributed by atoms with van der Waals surface area (Å²) in [4.78, 5) is 14.1. The first-order chi connectivity index (χ1) is 7.77. The summed E-state index contributed by atoms with van der Waals surface area (Å²) in [6.07, 6.45) is 6.30. The van der Waals surface area contributed by atoms with Crippen molar-refractivity contribution in [1.29, 1.82) is 0 Å². The normalized spacial score (nSPS) is 30.1. The maximum atomic E-state index is 11.5. The second-order valence-electron chi connectivity index (χ2n) is 5.37. The minimum absolute atomic E-state index is 0.283. The topological polar surface area (TPSA) is 32.3 Å². The zero-order chi connectivity index (χ0) is 11.4. The van der Waals surface area contributed by atoms with Crippen LogP contribution >= 0.6 is 0 Å². The molecule has 2 atom stereocenters. The minimum Gasteiger partial charge on any atom is -0.356 e. The molecule has 2 fully saturated rings. The van der Waals surface area contributed by atoms with Crippen molar-refractivity contribution in [2.24, 2.45) is 11.8 Å². The van der Waals surface area contributed by atoms with E-state index >= 15 is 0 Å². The molecule has 1 aliphatic heterocycles. The van der Waals surface area contributed by atoms with Gasteiger partial charge < -0.3 is 10.2 Å². The summed E-state index contributed by atoms with van der Waals surface area (Å²) in [6.45, 7) is 6.68. The Morgan fingerprint density at radius 1 is 1.31 bits per heavy atom. The molecule has 3 nitrogen and oxygen atoms in total. The average Bonchev–Trinajstić information content (AvgIpc) is 3.03. The maximum absolute atomic E-state index is 11.5. The molecule has 1 N–H and O–H groups in total. The summed E-state index contributed by atoms with van der Waals surface area (Å²) < 4.78 is 0. The van der Waals surface area contributed by atoms with E-state index < -0.39 is 0 Å². The van der Waals surface area contributed by atoms with Gasteiger partial charge in [-0.2, -0.15) is 0 Å². The minimum atomic E-state index is 0.283. The molecule has 0 aromatic rings. The van der Waals surface area contributed by atoms with Crippen LogP contribution < -0.4 is 5.32 Å². The number of piperidine rings is 1. The smallest absolute Gasteiger partial charge is 0.223 e.